The van der Waals surface area contributed by atoms with Gasteiger partial charge in [0.15, 0.2) is 6.10 Å². The van der Waals surface area contributed by atoms with E-state index in [0.29, 0.717) is 10.7 Å². The second kappa shape index (κ2) is 7.27. The number of halogens is 1. The highest BCUT2D eigenvalue weighted by atomic mass is 35.5. The Morgan fingerprint density at radius 1 is 0.867 bits per heavy atom. The number of imide groups is 1. The molecule has 2 aliphatic heterocycles. The Hall–Kier alpha value is -3.15. The molecule has 3 aromatic rings. The van der Waals surface area contributed by atoms with Gasteiger partial charge in [-0.2, -0.15) is 0 Å². The molecule has 0 N–H and O–H groups in total. The molecule has 3 aromatic carbocycles. The van der Waals surface area contributed by atoms with Crippen LogP contribution in [0.15, 0.2) is 78.9 Å². The minimum atomic E-state index is -0.888. The van der Waals surface area contributed by atoms with Gasteiger partial charge >= 0.3 is 0 Å². The van der Waals surface area contributed by atoms with Gasteiger partial charge in [0.2, 0.25) is 5.91 Å². The van der Waals surface area contributed by atoms with Gasteiger partial charge in [0.1, 0.15) is 5.92 Å². The lowest BCUT2D eigenvalue weighted by molar-refractivity contribution is -0.126. The zero-order valence-corrected chi connectivity index (χ0v) is 17.0. The van der Waals surface area contributed by atoms with Gasteiger partial charge in [-0.25, -0.2) is 9.96 Å². The van der Waals surface area contributed by atoms with Crippen molar-refractivity contribution < 1.29 is 14.4 Å². The van der Waals surface area contributed by atoms with Gasteiger partial charge in [-0.3, -0.25) is 14.4 Å². The Morgan fingerprint density at radius 3 is 2.33 bits per heavy atom. The van der Waals surface area contributed by atoms with Gasteiger partial charge < -0.3 is 0 Å². The van der Waals surface area contributed by atoms with E-state index in [2.05, 4.69) is 0 Å². The van der Waals surface area contributed by atoms with E-state index < -0.39 is 18.1 Å². The van der Waals surface area contributed by atoms with E-state index in [1.54, 1.807) is 17.2 Å². The van der Waals surface area contributed by atoms with Crippen LogP contribution >= 0.6 is 11.6 Å². The van der Waals surface area contributed by atoms with Crippen molar-refractivity contribution in [2.24, 2.45) is 5.92 Å². The van der Waals surface area contributed by atoms with E-state index in [-0.39, 0.29) is 11.8 Å². The molecule has 150 valence electrons. The number of anilines is 2. The Kier molecular flexibility index (Phi) is 4.57. The first kappa shape index (κ1) is 18.9. The van der Waals surface area contributed by atoms with Crippen LogP contribution in [0.25, 0.3) is 0 Å². The highest BCUT2D eigenvalue weighted by molar-refractivity contribution is 6.30. The number of hydrogen-bond donors (Lipinski definition) is 0. The summed E-state index contributed by atoms with van der Waals surface area (Å²) < 4.78 is 0. The Labute approximate surface area is 179 Å². The van der Waals surface area contributed by atoms with Crippen molar-refractivity contribution in [1.29, 1.82) is 0 Å². The van der Waals surface area contributed by atoms with Gasteiger partial charge in [0.05, 0.1) is 17.4 Å². The van der Waals surface area contributed by atoms with E-state index in [0.717, 1.165) is 16.8 Å². The van der Waals surface area contributed by atoms with Crippen molar-refractivity contribution in [2.75, 3.05) is 9.96 Å². The predicted molar refractivity (Wildman–Crippen MR) is 115 cm³/mol. The van der Waals surface area contributed by atoms with Crippen LogP contribution in [0.2, 0.25) is 5.02 Å². The molecule has 0 aromatic heterocycles. The zero-order chi connectivity index (χ0) is 20.8. The number of para-hydroxylation sites is 2. The second-order valence-corrected chi connectivity index (χ2v) is 7.95. The number of aryl methyl sites for hydroxylation is 1. The molecule has 0 saturated carbocycles. The number of nitrogens with zero attached hydrogens (tertiary/aromatic N) is 2. The summed E-state index contributed by atoms with van der Waals surface area (Å²) in [6.07, 6.45) is -0.888. The third-order valence-electron chi connectivity index (χ3n) is 5.67. The fourth-order valence-corrected chi connectivity index (χ4v) is 4.49. The van der Waals surface area contributed by atoms with Crippen LogP contribution in [0.4, 0.5) is 11.4 Å². The molecule has 5 nitrogen and oxygen atoms in total. The summed E-state index contributed by atoms with van der Waals surface area (Å²) in [6.45, 7) is 1.88. The number of benzene rings is 3. The summed E-state index contributed by atoms with van der Waals surface area (Å²) in [6, 6.07) is 23.7. The number of hydrogen-bond acceptors (Lipinski definition) is 4. The Bertz CT molecular complexity index is 1130. The molecule has 6 heteroatoms. The fourth-order valence-electron chi connectivity index (χ4n) is 4.29. The molecule has 0 bridgehead atoms. The lowest BCUT2D eigenvalue weighted by Gasteiger charge is -2.29. The van der Waals surface area contributed by atoms with Crippen LogP contribution in [0.3, 0.4) is 0 Å². The molecule has 5 rings (SSSR count). The van der Waals surface area contributed by atoms with Crippen molar-refractivity contribution in [3.05, 3.63) is 95.0 Å². The number of fused-ring (bicyclic) bond motifs is 1. The summed E-state index contributed by atoms with van der Waals surface area (Å²) in [4.78, 5) is 34.3. The minimum absolute atomic E-state index is 0.261. The average Bonchev–Trinajstić information content (AvgIpc) is 3.26. The first-order valence-corrected chi connectivity index (χ1v) is 10.1. The molecule has 0 aliphatic carbocycles. The third-order valence-corrected chi connectivity index (χ3v) is 5.91. The molecule has 0 radical (unpaired) electrons. The molecule has 2 fully saturated rings. The Balaban J connectivity index is 1.61. The van der Waals surface area contributed by atoms with Gasteiger partial charge in [-0.05, 0) is 48.4 Å². The molecule has 2 aliphatic rings. The highest BCUT2D eigenvalue weighted by Gasteiger charge is 2.60. The number of carbonyl (C=O) groups is 2. The normalized spacial score (nSPS) is 23.2. The van der Waals surface area contributed by atoms with Gasteiger partial charge in [-0.1, -0.05) is 60.1 Å². The number of rotatable bonds is 3. The smallest absolute Gasteiger partial charge is 0.266 e. The topological polar surface area (TPSA) is 49.9 Å². The molecular weight excluding hydrogens is 400 g/mol. The van der Waals surface area contributed by atoms with Crippen LogP contribution in [0, 0.1) is 12.8 Å². The van der Waals surface area contributed by atoms with Crippen molar-refractivity contribution >= 4 is 34.8 Å². The van der Waals surface area contributed by atoms with Crippen molar-refractivity contribution in [1.82, 2.24) is 0 Å². The average molecular weight is 419 g/mol. The van der Waals surface area contributed by atoms with Crippen LogP contribution in [-0.2, 0) is 14.4 Å². The molecule has 0 spiro atoms. The largest absolute Gasteiger partial charge is 0.273 e. The first-order chi connectivity index (χ1) is 14.6. The molecule has 0 unspecified atom stereocenters. The summed E-state index contributed by atoms with van der Waals surface area (Å²) in [7, 11) is 0. The monoisotopic (exact) mass is 418 g/mol. The maximum atomic E-state index is 13.6. The van der Waals surface area contributed by atoms with Crippen molar-refractivity contribution in [3.8, 4) is 0 Å². The molecular formula is C24H19ClN2O3. The SMILES string of the molecule is Cc1ccccc1N1C(=O)[C@@H]2[C@H](ON(c3ccccc3)[C@H]2c2cccc(Cl)c2)C1=O. The van der Waals surface area contributed by atoms with Gasteiger partial charge in [0, 0.05) is 5.02 Å². The summed E-state index contributed by atoms with van der Waals surface area (Å²) in [5.41, 5.74) is 3.06. The summed E-state index contributed by atoms with van der Waals surface area (Å²) in [5.74, 6) is -1.27. The van der Waals surface area contributed by atoms with E-state index in [4.69, 9.17) is 16.4 Å². The second-order valence-electron chi connectivity index (χ2n) is 7.51. The lowest BCUT2D eigenvalue weighted by atomic mass is 9.90. The molecule has 3 atom stereocenters. The van der Waals surface area contributed by atoms with E-state index in [1.807, 2.05) is 73.7 Å². The Morgan fingerprint density at radius 2 is 1.60 bits per heavy atom. The lowest BCUT2D eigenvalue weighted by Crippen LogP contribution is -2.37. The van der Waals surface area contributed by atoms with E-state index >= 15 is 0 Å². The minimum Gasteiger partial charge on any atom is -0.273 e. The number of amides is 2. The van der Waals surface area contributed by atoms with Crippen LogP contribution < -0.4 is 9.96 Å². The van der Waals surface area contributed by atoms with E-state index in [1.165, 1.54) is 4.90 Å². The van der Waals surface area contributed by atoms with Gasteiger partial charge in [0.25, 0.3) is 5.91 Å². The van der Waals surface area contributed by atoms with Crippen LogP contribution in [-0.4, -0.2) is 17.9 Å². The standard InChI is InChI=1S/C24H19ClN2O3/c1-15-8-5-6-13-19(15)26-23(28)20-21(16-9-7-10-17(25)14-16)27(30-22(20)24(26)29)18-11-3-2-4-12-18/h2-14,20-22H,1H3/t20-,21-,22-/m0/s1. The predicted octanol–water partition coefficient (Wildman–Crippen LogP) is 4.70. The molecule has 2 saturated heterocycles. The zero-order valence-electron chi connectivity index (χ0n) is 16.2. The van der Waals surface area contributed by atoms with Crippen LogP contribution in [0.5, 0.6) is 0 Å². The molecule has 2 amide bonds. The summed E-state index contributed by atoms with van der Waals surface area (Å²) in [5, 5.41) is 2.24. The maximum Gasteiger partial charge on any atom is 0.266 e. The van der Waals surface area contributed by atoms with Crippen LogP contribution in [0.1, 0.15) is 17.2 Å². The van der Waals surface area contributed by atoms with Crippen molar-refractivity contribution in [3.63, 3.8) is 0 Å². The van der Waals surface area contributed by atoms with Crippen molar-refractivity contribution in [2.45, 2.75) is 19.1 Å². The fraction of sp³-hybridized carbons (Fsp3) is 0.167. The number of hydroxylamine groups is 1. The molecule has 30 heavy (non-hydrogen) atoms. The quantitative estimate of drug-likeness (QED) is 0.578. The van der Waals surface area contributed by atoms with Gasteiger partial charge in [-0.15, -0.1) is 0 Å². The van der Waals surface area contributed by atoms with E-state index in [9.17, 15) is 9.59 Å². The molecule has 2 heterocycles. The number of carbonyl (C=O) groups excluding carboxylic acids is 2. The third kappa shape index (κ3) is 2.90. The first-order valence-electron chi connectivity index (χ1n) is 9.76. The summed E-state index contributed by atoms with van der Waals surface area (Å²) >= 11 is 6.25. The highest BCUT2D eigenvalue weighted by Crippen LogP contribution is 2.48. The maximum absolute atomic E-state index is 13.6.